The average Bonchev–Trinajstić information content (AvgIpc) is 2.95. The Bertz CT molecular complexity index is 1340. The molecule has 3 N–H and O–H groups in total. The zero-order valence-corrected chi connectivity index (χ0v) is 25.0. The van der Waals surface area contributed by atoms with Gasteiger partial charge in [-0.15, -0.1) is 0 Å². The van der Waals surface area contributed by atoms with Crippen LogP contribution in [0.25, 0.3) is 11.3 Å². The monoisotopic (exact) mass is 595 g/mol. The Hall–Kier alpha value is -4.10. The van der Waals surface area contributed by atoms with Crippen molar-refractivity contribution in [3.8, 4) is 11.3 Å². The van der Waals surface area contributed by atoms with Gasteiger partial charge in [0.2, 0.25) is 5.91 Å². The minimum Gasteiger partial charge on any atom is -0.509 e. The number of hydrogen-bond donors (Lipinski definition) is 3. The first-order valence-electron chi connectivity index (χ1n) is 14.1. The molecule has 0 unspecified atom stereocenters. The van der Waals surface area contributed by atoms with Crippen molar-refractivity contribution in [3.63, 3.8) is 0 Å². The van der Waals surface area contributed by atoms with Crippen LogP contribution in [0.3, 0.4) is 0 Å². The molecule has 1 aliphatic rings. The van der Waals surface area contributed by atoms with Crippen molar-refractivity contribution in [2.24, 2.45) is 5.92 Å². The van der Waals surface area contributed by atoms with Gasteiger partial charge in [-0.25, -0.2) is 9.78 Å². The normalized spacial score (nSPS) is 18.8. The number of aliphatic hydroxyl groups is 1. The highest BCUT2D eigenvalue weighted by atomic mass is 16.6. The maximum atomic E-state index is 13.6. The second-order valence-corrected chi connectivity index (χ2v) is 11.4. The van der Waals surface area contributed by atoms with Crippen LogP contribution in [0.5, 0.6) is 0 Å². The molecule has 230 valence electrons. The molecule has 1 aromatic carbocycles. The standard InChI is InChI=1S/C30H38BN3O9/c1-18(2)14-21(31-42-26(38)17-30(43-31,29(40)41)16-25(37)34(4)5)15-24(36)27(19(3)35)33-28(39)23-13-9-12-22(32-23)20-10-7-6-8-11-20/h6-13,18-19,21,27,35H,14-17H2,1-5H3,(H,33,39)(H,40,41)/t19-,21-,27+,30+/m1/s1. The van der Waals surface area contributed by atoms with Crippen LogP contribution in [0.15, 0.2) is 48.5 Å². The van der Waals surface area contributed by atoms with Crippen molar-refractivity contribution in [1.29, 1.82) is 0 Å². The Morgan fingerprint density at radius 1 is 1.07 bits per heavy atom. The van der Waals surface area contributed by atoms with Gasteiger partial charge in [0, 0.05) is 31.9 Å². The third-order valence-electron chi connectivity index (χ3n) is 7.13. The molecule has 1 saturated heterocycles. The van der Waals surface area contributed by atoms with E-state index in [2.05, 4.69) is 10.3 Å². The number of nitrogens with one attached hydrogen (secondary N) is 1. The molecule has 0 saturated carbocycles. The molecule has 3 rings (SSSR count). The number of amides is 2. The number of carbonyl (C=O) groups is 5. The number of carbonyl (C=O) groups excluding carboxylic acids is 4. The van der Waals surface area contributed by atoms with E-state index in [4.69, 9.17) is 9.31 Å². The number of aliphatic carboxylic acids is 1. The minimum atomic E-state index is -2.17. The summed E-state index contributed by atoms with van der Waals surface area (Å²) in [5.74, 6) is -5.06. The zero-order valence-electron chi connectivity index (χ0n) is 25.0. The average molecular weight is 595 g/mol. The number of Topliss-reactive ketones (excluding diaryl/α,β-unsaturated/α-hetero) is 1. The number of carboxylic acids is 1. The van der Waals surface area contributed by atoms with Crippen molar-refractivity contribution < 1.29 is 43.5 Å². The molecule has 0 spiro atoms. The molecule has 13 heteroatoms. The van der Waals surface area contributed by atoms with Gasteiger partial charge in [0.15, 0.2) is 11.4 Å². The van der Waals surface area contributed by atoms with Crippen LogP contribution in [0.4, 0.5) is 0 Å². The van der Waals surface area contributed by atoms with Crippen molar-refractivity contribution in [2.75, 3.05) is 14.1 Å². The molecule has 1 aliphatic heterocycles. The quantitative estimate of drug-likeness (QED) is 0.292. The van der Waals surface area contributed by atoms with E-state index in [1.807, 2.05) is 44.2 Å². The van der Waals surface area contributed by atoms with E-state index >= 15 is 0 Å². The molecule has 2 heterocycles. The summed E-state index contributed by atoms with van der Waals surface area (Å²) < 4.78 is 11.2. The molecule has 2 amide bonds. The van der Waals surface area contributed by atoms with E-state index in [1.54, 1.807) is 12.1 Å². The fourth-order valence-corrected chi connectivity index (χ4v) is 4.89. The SMILES string of the molecule is CC(C)C[C@H](CC(=O)[C@@H](NC(=O)c1cccc(-c2ccccc2)n1)[C@@H](C)O)B1OC(=O)C[C@@](CC(=O)N(C)C)(C(=O)O)O1. The molecule has 12 nitrogen and oxygen atoms in total. The number of aliphatic hydroxyl groups excluding tert-OH is 1. The smallest absolute Gasteiger partial charge is 0.509 e. The summed E-state index contributed by atoms with van der Waals surface area (Å²) in [5.41, 5.74) is -0.785. The van der Waals surface area contributed by atoms with Gasteiger partial charge in [-0.1, -0.05) is 50.2 Å². The van der Waals surface area contributed by atoms with E-state index in [9.17, 15) is 34.2 Å². The van der Waals surface area contributed by atoms with Gasteiger partial charge in [-0.2, -0.15) is 0 Å². The van der Waals surface area contributed by atoms with Crippen LogP contribution in [0.1, 0.15) is 56.9 Å². The summed E-state index contributed by atoms with van der Waals surface area (Å²) in [6.07, 6.45) is -2.62. The van der Waals surface area contributed by atoms with Crippen molar-refractivity contribution in [2.45, 2.75) is 70.0 Å². The predicted molar refractivity (Wildman–Crippen MR) is 157 cm³/mol. The van der Waals surface area contributed by atoms with E-state index in [0.29, 0.717) is 5.69 Å². The summed E-state index contributed by atoms with van der Waals surface area (Å²) in [7, 11) is 1.46. The zero-order chi connectivity index (χ0) is 31.9. The highest BCUT2D eigenvalue weighted by Crippen LogP contribution is 2.36. The van der Waals surface area contributed by atoms with Crippen LogP contribution in [0.2, 0.25) is 5.82 Å². The number of pyridine rings is 1. The molecular formula is C30H38BN3O9. The third kappa shape index (κ3) is 8.71. The van der Waals surface area contributed by atoms with Gasteiger partial charge >= 0.3 is 13.1 Å². The molecule has 43 heavy (non-hydrogen) atoms. The Balaban J connectivity index is 1.82. The molecule has 1 fully saturated rings. The van der Waals surface area contributed by atoms with Gasteiger partial charge in [-0.3, -0.25) is 19.2 Å². The summed E-state index contributed by atoms with van der Waals surface area (Å²) >= 11 is 0. The first-order chi connectivity index (χ1) is 20.2. The lowest BCUT2D eigenvalue weighted by atomic mass is 9.63. The lowest BCUT2D eigenvalue weighted by molar-refractivity contribution is -0.173. The first-order valence-corrected chi connectivity index (χ1v) is 14.1. The van der Waals surface area contributed by atoms with Crippen LogP contribution in [-0.2, 0) is 28.5 Å². The Labute approximate surface area is 250 Å². The van der Waals surface area contributed by atoms with Gasteiger partial charge in [0.05, 0.1) is 24.6 Å². The number of ketones is 1. The van der Waals surface area contributed by atoms with E-state index in [0.717, 1.165) is 5.56 Å². The van der Waals surface area contributed by atoms with Crippen LogP contribution >= 0.6 is 0 Å². The summed E-state index contributed by atoms with van der Waals surface area (Å²) in [4.78, 5) is 69.6. The molecule has 0 bridgehead atoms. The van der Waals surface area contributed by atoms with E-state index < -0.39 is 73.1 Å². The number of carboxylic acid groups (broad SMARTS) is 1. The number of benzene rings is 1. The Morgan fingerprint density at radius 2 is 1.74 bits per heavy atom. The molecule has 0 aliphatic carbocycles. The van der Waals surface area contributed by atoms with Crippen LogP contribution in [-0.4, -0.2) is 88.6 Å². The Morgan fingerprint density at radius 3 is 2.33 bits per heavy atom. The number of rotatable bonds is 13. The van der Waals surface area contributed by atoms with Crippen LogP contribution < -0.4 is 5.32 Å². The highest BCUT2D eigenvalue weighted by molar-refractivity contribution is 6.50. The maximum absolute atomic E-state index is 13.6. The molecule has 2 aromatic rings. The summed E-state index contributed by atoms with van der Waals surface area (Å²) in [6, 6.07) is 12.8. The highest BCUT2D eigenvalue weighted by Gasteiger charge is 2.54. The van der Waals surface area contributed by atoms with Crippen molar-refractivity contribution in [1.82, 2.24) is 15.2 Å². The van der Waals surface area contributed by atoms with Gasteiger partial charge < -0.3 is 29.7 Å². The predicted octanol–water partition coefficient (Wildman–Crippen LogP) is 2.36. The topological polar surface area (TPSA) is 172 Å². The van der Waals surface area contributed by atoms with Gasteiger partial charge in [0.25, 0.3) is 11.9 Å². The maximum Gasteiger partial charge on any atom is 0.531 e. The summed E-state index contributed by atoms with van der Waals surface area (Å²) in [6.45, 7) is 5.08. The fourth-order valence-electron chi connectivity index (χ4n) is 4.89. The van der Waals surface area contributed by atoms with E-state index in [-0.39, 0.29) is 24.5 Å². The number of hydrogen-bond acceptors (Lipinski definition) is 9. The molecular weight excluding hydrogens is 557 g/mol. The third-order valence-corrected chi connectivity index (χ3v) is 7.13. The minimum absolute atomic E-state index is 0.0332. The lowest BCUT2D eigenvalue weighted by Crippen LogP contribution is -2.57. The van der Waals surface area contributed by atoms with Crippen molar-refractivity contribution >= 4 is 36.7 Å². The molecule has 4 atom stereocenters. The Kier molecular flexibility index (Phi) is 11.2. The fraction of sp³-hybridized carbons (Fsp3) is 0.467. The van der Waals surface area contributed by atoms with E-state index in [1.165, 1.54) is 32.0 Å². The lowest BCUT2D eigenvalue weighted by Gasteiger charge is -2.38. The molecule has 1 aromatic heterocycles. The number of nitrogens with zero attached hydrogens (tertiary/aromatic N) is 2. The second-order valence-electron chi connectivity index (χ2n) is 11.4. The largest absolute Gasteiger partial charge is 0.531 e. The van der Waals surface area contributed by atoms with Crippen molar-refractivity contribution in [3.05, 3.63) is 54.2 Å². The summed E-state index contributed by atoms with van der Waals surface area (Å²) in [5, 5.41) is 23.0. The van der Waals surface area contributed by atoms with Gasteiger partial charge in [0.1, 0.15) is 11.7 Å². The second kappa shape index (κ2) is 14.4. The first kappa shape index (κ1) is 33.4. The number of aromatic nitrogens is 1. The molecule has 0 radical (unpaired) electrons. The van der Waals surface area contributed by atoms with Gasteiger partial charge in [-0.05, 0) is 31.4 Å². The van der Waals surface area contributed by atoms with Crippen LogP contribution in [0, 0.1) is 5.92 Å².